The molecule has 204 valence electrons. The fourth-order valence-electron chi connectivity index (χ4n) is 4.70. The molecular weight excluding hydrogens is 456 g/mol. The van der Waals surface area contributed by atoms with Gasteiger partial charge in [-0.05, 0) is 11.1 Å². The van der Waals surface area contributed by atoms with Crippen molar-refractivity contribution >= 4 is 6.41 Å². The van der Waals surface area contributed by atoms with Crippen LogP contribution >= 0.6 is 0 Å². The second-order valence-corrected chi connectivity index (χ2v) is 9.63. The van der Waals surface area contributed by atoms with Crippen molar-refractivity contribution in [2.45, 2.75) is 13.1 Å². The van der Waals surface area contributed by atoms with Crippen LogP contribution in [0.1, 0.15) is 11.1 Å². The summed E-state index contributed by atoms with van der Waals surface area (Å²) >= 11 is 0. The van der Waals surface area contributed by atoms with Crippen molar-refractivity contribution in [3.63, 3.8) is 0 Å². The highest BCUT2D eigenvalue weighted by molar-refractivity contribution is 5.46. The number of hydroxylamine groups is 2. The van der Waals surface area contributed by atoms with Crippen LogP contribution in [0.25, 0.3) is 0 Å². The maximum Gasteiger partial charge on any atom is 0.209 e. The summed E-state index contributed by atoms with van der Waals surface area (Å²) in [5.74, 6) is 0. The first kappa shape index (κ1) is 28.9. The van der Waals surface area contributed by atoms with E-state index in [1.165, 1.54) is 11.1 Å². The molecule has 0 aromatic heterocycles. The molecule has 1 aromatic rings. The third kappa shape index (κ3) is 11.6. The average molecular weight is 505 g/mol. The predicted molar refractivity (Wildman–Crippen MR) is 145 cm³/mol. The summed E-state index contributed by atoms with van der Waals surface area (Å²) in [5, 5.41) is 16.1. The molecule has 4 N–H and O–H groups in total. The number of hydrogen-bond acceptors (Lipinski definition) is 9. The summed E-state index contributed by atoms with van der Waals surface area (Å²) in [6.07, 6.45) is 0.954. The Morgan fingerprint density at radius 1 is 0.694 bits per heavy atom. The molecule has 0 atom stereocenters. The van der Waals surface area contributed by atoms with Crippen molar-refractivity contribution in [1.29, 1.82) is 0 Å². The van der Waals surface area contributed by atoms with Crippen LogP contribution in [0.2, 0.25) is 0 Å². The number of amides is 1. The Labute approximate surface area is 217 Å². The molecule has 2 aliphatic heterocycles. The summed E-state index contributed by atoms with van der Waals surface area (Å²) in [6.45, 7) is 16.7. The summed E-state index contributed by atoms with van der Waals surface area (Å²) in [7, 11) is 1.75. The van der Waals surface area contributed by atoms with Gasteiger partial charge >= 0.3 is 0 Å². The monoisotopic (exact) mass is 504 g/mol. The Hall–Kier alpha value is -1.63. The van der Waals surface area contributed by atoms with E-state index >= 15 is 0 Å². The minimum Gasteiger partial charge on any atom is -0.343 e. The number of carbonyl (C=O) groups excluding carboxylic acids is 1. The van der Waals surface area contributed by atoms with E-state index in [0.29, 0.717) is 0 Å². The minimum atomic E-state index is 0.764. The molecular formula is C26H48N8O2. The summed E-state index contributed by atoms with van der Waals surface area (Å²) in [6, 6.07) is 9.10. The van der Waals surface area contributed by atoms with Gasteiger partial charge in [-0.25, -0.2) is 0 Å². The lowest BCUT2D eigenvalue weighted by Crippen LogP contribution is -2.42. The molecule has 0 saturated carbocycles. The zero-order valence-electron chi connectivity index (χ0n) is 22.2. The molecule has 0 bridgehead atoms. The topological polar surface area (TPSA) is 87.4 Å². The highest BCUT2D eigenvalue weighted by Crippen LogP contribution is 2.11. The molecule has 2 heterocycles. The normalized spacial score (nSPS) is 22.1. The smallest absolute Gasteiger partial charge is 0.209 e. The van der Waals surface area contributed by atoms with E-state index in [1.807, 2.05) is 9.96 Å². The Morgan fingerprint density at radius 3 is 1.53 bits per heavy atom. The van der Waals surface area contributed by atoms with E-state index in [4.69, 9.17) is 4.84 Å². The molecule has 36 heavy (non-hydrogen) atoms. The van der Waals surface area contributed by atoms with Gasteiger partial charge in [0.2, 0.25) is 6.41 Å². The zero-order valence-corrected chi connectivity index (χ0v) is 22.2. The molecule has 0 spiro atoms. The highest BCUT2D eigenvalue weighted by Gasteiger charge is 2.11. The lowest BCUT2D eigenvalue weighted by atomic mass is 10.1. The summed E-state index contributed by atoms with van der Waals surface area (Å²) in [5.41, 5.74) is 2.75. The summed E-state index contributed by atoms with van der Waals surface area (Å²) in [4.78, 5) is 23.5. The van der Waals surface area contributed by atoms with E-state index in [-0.39, 0.29) is 0 Å². The van der Waals surface area contributed by atoms with Crippen molar-refractivity contribution < 1.29 is 9.63 Å². The van der Waals surface area contributed by atoms with Crippen molar-refractivity contribution in [3.05, 3.63) is 35.4 Å². The number of benzene rings is 1. The van der Waals surface area contributed by atoms with Crippen molar-refractivity contribution in [2.24, 2.45) is 0 Å². The Bertz CT molecular complexity index is 697. The van der Waals surface area contributed by atoms with Gasteiger partial charge in [-0.15, -0.1) is 0 Å². The Balaban J connectivity index is 1.49. The SMILES string of the molecule is CON1CCNCCN(Cc2cccc(CN3CCNCCN(C=O)CCNCC3)c2)CCNCC1. The van der Waals surface area contributed by atoms with Gasteiger partial charge in [0.25, 0.3) is 0 Å². The molecule has 10 nitrogen and oxygen atoms in total. The van der Waals surface area contributed by atoms with E-state index in [1.54, 1.807) is 7.11 Å². The first-order valence-electron chi connectivity index (χ1n) is 13.6. The molecule has 3 rings (SSSR count). The first-order chi connectivity index (χ1) is 17.8. The van der Waals surface area contributed by atoms with Crippen LogP contribution in [-0.4, -0.2) is 138 Å². The fourth-order valence-corrected chi connectivity index (χ4v) is 4.70. The zero-order chi connectivity index (χ0) is 25.3. The number of nitrogens with zero attached hydrogens (tertiary/aromatic N) is 4. The minimum absolute atomic E-state index is 0.764. The van der Waals surface area contributed by atoms with Gasteiger partial charge in [-0.3, -0.25) is 14.6 Å². The molecule has 1 amide bonds. The van der Waals surface area contributed by atoms with Gasteiger partial charge < -0.3 is 31.0 Å². The average Bonchev–Trinajstić information content (AvgIpc) is 2.87. The second-order valence-electron chi connectivity index (χ2n) is 9.63. The van der Waals surface area contributed by atoms with Gasteiger partial charge in [-0.1, -0.05) is 24.3 Å². The van der Waals surface area contributed by atoms with E-state index < -0.39 is 0 Å². The van der Waals surface area contributed by atoms with Gasteiger partial charge in [0.1, 0.15) is 0 Å². The Morgan fingerprint density at radius 2 is 1.11 bits per heavy atom. The van der Waals surface area contributed by atoms with E-state index in [0.717, 1.165) is 124 Å². The first-order valence-corrected chi connectivity index (χ1v) is 13.6. The van der Waals surface area contributed by atoms with Gasteiger partial charge in [0.15, 0.2) is 0 Å². The van der Waals surface area contributed by atoms with Gasteiger partial charge in [-0.2, -0.15) is 5.06 Å². The molecule has 0 radical (unpaired) electrons. The van der Waals surface area contributed by atoms with Gasteiger partial charge in [0, 0.05) is 118 Å². The van der Waals surface area contributed by atoms with Crippen LogP contribution in [0.4, 0.5) is 0 Å². The molecule has 0 aliphatic carbocycles. The van der Waals surface area contributed by atoms with Crippen LogP contribution in [0.3, 0.4) is 0 Å². The molecule has 2 fully saturated rings. The maximum atomic E-state index is 11.1. The number of hydrogen-bond donors (Lipinski definition) is 4. The lowest BCUT2D eigenvalue weighted by molar-refractivity contribution is -0.128. The highest BCUT2D eigenvalue weighted by atomic mass is 16.7. The molecule has 2 saturated heterocycles. The van der Waals surface area contributed by atoms with Crippen LogP contribution in [0.15, 0.2) is 24.3 Å². The van der Waals surface area contributed by atoms with Crippen molar-refractivity contribution in [1.82, 2.24) is 41.0 Å². The van der Waals surface area contributed by atoms with Gasteiger partial charge in [0.05, 0.1) is 7.11 Å². The van der Waals surface area contributed by atoms with Crippen LogP contribution in [0, 0.1) is 0 Å². The second kappa shape index (κ2) is 17.8. The molecule has 1 aromatic carbocycles. The van der Waals surface area contributed by atoms with Crippen LogP contribution in [0.5, 0.6) is 0 Å². The van der Waals surface area contributed by atoms with Crippen LogP contribution < -0.4 is 21.3 Å². The number of nitrogens with one attached hydrogen (secondary N) is 4. The van der Waals surface area contributed by atoms with Crippen LogP contribution in [-0.2, 0) is 22.7 Å². The van der Waals surface area contributed by atoms with E-state index in [9.17, 15) is 4.79 Å². The maximum absolute atomic E-state index is 11.1. The standard InChI is InChI=1S/C26H48N8O2/c1-36-34-19-11-29-7-15-32(16-8-30-12-20-34)23-26-4-2-3-25(21-26)22-31-13-5-27-9-17-33(24-35)18-10-28-6-14-31/h2-4,21,24,27-30H,5-20,22-23H2,1H3. The van der Waals surface area contributed by atoms with Crippen molar-refractivity contribution in [3.8, 4) is 0 Å². The number of carbonyl (C=O) groups is 1. The largest absolute Gasteiger partial charge is 0.343 e. The molecule has 10 heteroatoms. The fraction of sp³-hybridized carbons (Fsp3) is 0.731. The quantitative estimate of drug-likeness (QED) is 0.365. The Kier molecular flexibility index (Phi) is 14.3. The lowest BCUT2D eigenvalue weighted by Gasteiger charge is -2.27. The van der Waals surface area contributed by atoms with E-state index in [2.05, 4.69) is 55.3 Å². The third-order valence-corrected chi connectivity index (χ3v) is 6.86. The molecule has 0 unspecified atom stereocenters. The molecule has 2 aliphatic rings. The predicted octanol–water partition coefficient (Wildman–Crippen LogP) is -1.00. The van der Waals surface area contributed by atoms with Crippen molar-refractivity contribution in [2.75, 3.05) is 112 Å². The summed E-state index contributed by atoms with van der Waals surface area (Å²) < 4.78 is 0. The third-order valence-electron chi connectivity index (χ3n) is 6.86. The number of rotatable bonds is 6.